The fourth-order valence-corrected chi connectivity index (χ4v) is 1.55. The summed E-state index contributed by atoms with van der Waals surface area (Å²) in [5.74, 6) is 0. The molecular weight excluding hydrogens is 239 g/mol. The van der Waals surface area contributed by atoms with Gasteiger partial charge in [-0.3, -0.25) is 4.68 Å². The molecule has 0 saturated carbocycles. The van der Waals surface area contributed by atoms with Crippen LogP contribution < -0.4 is 0 Å². The molecule has 0 amide bonds. The van der Waals surface area contributed by atoms with Gasteiger partial charge in [-0.05, 0) is 6.92 Å². The van der Waals surface area contributed by atoms with E-state index in [1.807, 2.05) is 0 Å². The van der Waals surface area contributed by atoms with E-state index in [9.17, 15) is 22.0 Å². The van der Waals surface area contributed by atoms with Crippen molar-refractivity contribution in [3.05, 3.63) is 11.8 Å². The second kappa shape index (κ2) is 4.38. The van der Waals surface area contributed by atoms with Crippen molar-refractivity contribution >= 4 is 11.8 Å². The van der Waals surface area contributed by atoms with E-state index in [2.05, 4.69) is 11.3 Å². The highest BCUT2D eigenvalue weighted by Crippen LogP contribution is 2.38. The predicted molar refractivity (Wildman–Crippen MR) is 43.7 cm³/mol. The van der Waals surface area contributed by atoms with E-state index in [4.69, 9.17) is 0 Å². The van der Waals surface area contributed by atoms with E-state index in [0.29, 0.717) is 4.68 Å². The SMILES string of the molecule is Cc1[c]nn(CC(F)F)c1SC(F)(F)F. The molecule has 0 fully saturated rings. The fraction of sp³-hybridized carbons (Fsp3) is 0.571. The maximum absolute atomic E-state index is 12.0. The van der Waals surface area contributed by atoms with Crippen molar-refractivity contribution in [2.45, 2.75) is 30.4 Å². The molecule has 8 heteroatoms. The Morgan fingerprint density at radius 2 is 2.07 bits per heavy atom. The number of halogens is 5. The molecule has 0 spiro atoms. The van der Waals surface area contributed by atoms with Crippen LogP contribution in [0.3, 0.4) is 0 Å². The molecule has 0 aliphatic rings. The molecule has 15 heavy (non-hydrogen) atoms. The lowest BCUT2D eigenvalue weighted by Crippen LogP contribution is -2.11. The van der Waals surface area contributed by atoms with Crippen LogP contribution in [0.4, 0.5) is 22.0 Å². The van der Waals surface area contributed by atoms with Gasteiger partial charge in [0.2, 0.25) is 0 Å². The first kappa shape index (κ1) is 12.3. The lowest BCUT2D eigenvalue weighted by molar-refractivity contribution is -0.0332. The molecule has 0 atom stereocenters. The molecule has 0 bridgehead atoms. The highest BCUT2D eigenvalue weighted by molar-refractivity contribution is 8.00. The lowest BCUT2D eigenvalue weighted by Gasteiger charge is -2.09. The minimum atomic E-state index is -4.52. The largest absolute Gasteiger partial charge is 0.447 e. The molecule has 1 heterocycles. The summed E-state index contributed by atoms with van der Waals surface area (Å²) in [4.78, 5) is 0. The summed E-state index contributed by atoms with van der Waals surface area (Å²) in [5, 5.41) is 2.99. The molecule has 0 unspecified atom stereocenters. The highest BCUT2D eigenvalue weighted by Gasteiger charge is 2.32. The van der Waals surface area contributed by atoms with Crippen molar-refractivity contribution < 1.29 is 22.0 Å². The van der Waals surface area contributed by atoms with E-state index in [1.54, 1.807) is 0 Å². The van der Waals surface area contributed by atoms with Crippen LogP contribution in [0.25, 0.3) is 0 Å². The molecule has 1 rings (SSSR count). The number of aromatic nitrogens is 2. The Hall–Kier alpha value is -0.790. The summed E-state index contributed by atoms with van der Waals surface area (Å²) in [6.45, 7) is 0.478. The average molecular weight is 245 g/mol. The number of rotatable bonds is 3. The Bertz CT molecular complexity index is 333. The van der Waals surface area contributed by atoms with Crippen molar-refractivity contribution in [3.8, 4) is 0 Å². The second-order valence-corrected chi connectivity index (χ2v) is 3.72. The van der Waals surface area contributed by atoms with Crippen LogP contribution in [0.5, 0.6) is 0 Å². The average Bonchev–Trinajstić information content (AvgIpc) is 2.32. The summed E-state index contributed by atoms with van der Waals surface area (Å²) in [7, 11) is 0. The first-order valence-corrected chi connectivity index (χ1v) is 4.60. The van der Waals surface area contributed by atoms with Crippen LogP contribution in [0.1, 0.15) is 5.56 Å². The lowest BCUT2D eigenvalue weighted by atomic mass is 10.4. The van der Waals surface area contributed by atoms with Crippen molar-refractivity contribution in [3.63, 3.8) is 0 Å². The van der Waals surface area contributed by atoms with Crippen molar-refractivity contribution in [1.29, 1.82) is 0 Å². The van der Waals surface area contributed by atoms with Crippen molar-refractivity contribution in [2.75, 3.05) is 0 Å². The van der Waals surface area contributed by atoms with E-state index < -0.39 is 30.2 Å². The van der Waals surface area contributed by atoms with Crippen LogP contribution in [0, 0.1) is 13.1 Å². The van der Waals surface area contributed by atoms with E-state index in [-0.39, 0.29) is 10.6 Å². The smallest absolute Gasteiger partial charge is 0.252 e. The van der Waals surface area contributed by atoms with Gasteiger partial charge >= 0.3 is 5.51 Å². The van der Waals surface area contributed by atoms with Gasteiger partial charge in [0.05, 0.1) is 0 Å². The molecule has 2 nitrogen and oxygen atoms in total. The summed E-state index contributed by atoms with van der Waals surface area (Å²) >= 11 is -0.461. The Balaban J connectivity index is 2.89. The third kappa shape index (κ3) is 3.69. The molecule has 1 aromatic heterocycles. The third-order valence-electron chi connectivity index (χ3n) is 1.42. The zero-order valence-corrected chi connectivity index (χ0v) is 8.29. The minimum absolute atomic E-state index is 0.109. The number of nitrogens with zero attached hydrogens (tertiary/aromatic N) is 2. The van der Waals surface area contributed by atoms with Gasteiger partial charge in [0.1, 0.15) is 17.8 Å². The topological polar surface area (TPSA) is 17.8 Å². The zero-order chi connectivity index (χ0) is 11.6. The molecule has 1 aromatic rings. The first-order chi connectivity index (χ1) is 6.79. The number of thioether (sulfide) groups is 1. The van der Waals surface area contributed by atoms with Gasteiger partial charge < -0.3 is 0 Å². The predicted octanol–water partition coefficient (Wildman–Crippen LogP) is 2.87. The normalized spacial score (nSPS) is 12.5. The highest BCUT2D eigenvalue weighted by atomic mass is 32.2. The van der Waals surface area contributed by atoms with Crippen LogP contribution in [-0.4, -0.2) is 21.7 Å². The number of hydrogen-bond acceptors (Lipinski definition) is 2. The van der Waals surface area contributed by atoms with Gasteiger partial charge in [-0.2, -0.15) is 18.3 Å². The third-order valence-corrected chi connectivity index (χ3v) is 2.36. The van der Waals surface area contributed by atoms with Crippen molar-refractivity contribution in [2.24, 2.45) is 0 Å². The van der Waals surface area contributed by atoms with Crippen LogP contribution in [-0.2, 0) is 6.54 Å². The Labute approximate surface area is 86.4 Å². The monoisotopic (exact) mass is 245 g/mol. The minimum Gasteiger partial charge on any atom is -0.252 e. The molecule has 0 aliphatic carbocycles. The maximum Gasteiger partial charge on any atom is 0.447 e. The van der Waals surface area contributed by atoms with Gasteiger partial charge in [-0.15, -0.1) is 0 Å². The first-order valence-electron chi connectivity index (χ1n) is 3.78. The Kier molecular flexibility index (Phi) is 3.58. The molecule has 0 saturated heterocycles. The van der Waals surface area contributed by atoms with Gasteiger partial charge in [-0.25, -0.2) is 8.78 Å². The van der Waals surface area contributed by atoms with Crippen LogP contribution in [0.2, 0.25) is 0 Å². The fourth-order valence-electron chi connectivity index (χ4n) is 0.915. The summed E-state index contributed by atoms with van der Waals surface area (Å²) in [6.07, 6.45) is -0.521. The molecule has 0 N–H and O–H groups in total. The van der Waals surface area contributed by atoms with E-state index in [0.717, 1.165) is 0 Å². The second-order valence-electron chi connectivity index (χ2n) is 2.66. The molecule has 1 radical (unpaired) electrons. The van der Waals surface area contributed by atoms with Crippen molar-refractivity contribution in [1.82, 2.24) is 9.78 Å². The van der Waals surface area contributed by atoms with Gasteiger partial charge in [0.25, 0.3) is 6.43 Å². The van der Waals surface area contributed by atoms with E-state index >= 15 is 0 Å². The molecule has 0 aliphatic heterocycles. The molecule has 85 valence electrons. The zero-order valence-electron chi connectivity index (χ0n) is 7.48. The summed E-state index contributed by atoms with van der Waals surface area (Å²) in [6, 6.07) is 0. The van der Waals surface area contributed by atoms with Gasteiger partial charge in [0.15, 0.2) is 0 Å². The number of aryl methyl sites for hydroxylation is 1. The van der Waals surface area contributed by atoms with Crippen LogP contribution >= 0.6 is 11.8 Å². The van der Waals surface area contributed by atoms with Gasteiger partial charge in [0, 0.05) is 17.3 Å². The quantitative estimate of drug-likeness (QED) is 0.602. The number of hydrogen-bond donors (Lipinski definition) is 0. The standard InChI is InChI=1S/C7H6F5N2S/c1-4-2-13-14(3-5(8)9)6(4)15-7(10,11)12/h5H,3H2,1H3. The summed E-state index contributed by atoms with van der Waals surface area (Å²) < 4.78 is 60.7. The van der Waals surface area contributed by atoms with E-state index in [1.165, 1.54) is 6.92 Å². The van der Waals surface area contributed by atoms with Crippen LogP contribution in [0.15, 0.2) is 5.03 Å². The Morgan fingerprint density at radius 1 is 1.47 bits per heavy atom. The maximum atomic E-state index is 12.0. The Morgan fingerprint density at radius 3 is 2.53 bits per heavy atom. The van der Waals surface area contributed by atoms with Gasteiger partial charge in [-0.1, -0.05) is 0 Å². The number of alkyl halides is 5. The summed E-state index contributed by atoms with van der Waals surface area (Å²) in [5.41, 5.74) is -4.41. The molecule has 0 aromatic carbocycles. The molecular formula is C7H6F5N2S.